The second-order valence-corrected chi connectivity index (χ2v) is 6.04. The third-order valence-corrected chi connectivity index (χ3v) is 4.23. The molecule has 0 fully saturated rings. The van der Waals surface area contributed by atoms with Crippen LogP contribution < -0.4 is 0 Å². The van der Waals surface area contributed by atoms with Crippen molar-refractivity contribution in [3.05, 3.63) is 82.7 Å². The molecule has 3 heteroatoms. The van der Waals surface area contributed by atoms with Crippen molar-refractivity contribution in [1.29, 1.82) is 0 Å². The Labute approximate surface area is 139 Å². The molecule has 0 radical (unpaired) electrons. The zero-order chi connectivity index (χ0) is 17.4. The molecule has 0 unspecified atom stereocenters. The molecule has 0 aromatic heterocycles. The highest BCUT2D eigenvalue weighted by Crippen LogP contribution is 2.36. The van der Waals surface area contributed by atoms with Gasteiger partial charge in [-0.15, -0.1) is 0 Å². The van der Waals surface area contributed by atoms with Gasteiger partial charge in [0.05, 0.1) is 0 Å². The van der Waals surface area contributed by atoms with E-state index in [-0.39, 0.29) is 16.7 Å². The topological polar surface area (TPSA) is 0 Å². The first-order chi connectivity index (χ1) is 11.4. The van der Waals surface area contributed by atoms with E-state index in [4.69, 9.17) is 0 Å². The lowest BCUT2D eigenvalue weighted by molar-refractivity contribution is 0.512. The van der Waals surface area contributed by atoms with Crippen LogP contribution in [0.1, 0.15) is 16.7 Å². The normalized spacial score (nSPS) is 10.9. The predicted molar refractivity (Wildman–Crippen MR) is 91.4 cm³/mol. The average molecular weight is 326 g/mol. The predicted octanol–water partition coefficient (Wildman–Crippen LogP) is 6.36. The van der Waals surface area contributed by atoms with Crippen LogP contribution in [0.15, 0.2) is 48.5 Å². The molecule has 24 heavy (non-hydrogen) atoms. The Morgan fingerprint density at radius 2 is 1.33 bits per heavy atom. The summed E-state index contributed by atoms with van der Waals surface area (Å²) in [4.78, 5) is 0. The first kappa shape index (κ1) is 16.3. The van der Waals surface area contributed by atoms with E-state index in [2.05, 4.69) is 0 Å². The number of benzene rings is 3. The Bertz CT molecular complexity index is 927. The quantitative estimate of drug-likeness (QED) is 0.514. The van der Waals surface area contributed by atoms with E-state index in [1.807, 2.05) is 19.1 Å². The maximum atomic E-state index is 14.8. The summed E-state index contributed by atoms with van der Waals surface area (Å²) in [5.74, 6) is -2.53. The molecule has 0 amide bonds. The Morgan fingerprint density at radius 3 is 2.04 bits per heavy atom. The van der Waals surface area contributed by atoms with Crippen molar-refractivity contribution in [2.75, 3.05) is 0 Å². The lowest BCUT2D eigenvalue weighted by Crippen LogP contribution is -2.00. The molecule has 0 N–H and O–H groups in total. The lowest BCUT2D eigenvalue weighted by atomic mass is 9.92. The minimum absolute atomic E-state index is 0.0222. The first-order valence-electron chi connectivity index (χ1n) is 7.71. The van der Waals surface area contributed by atoms with E-state index in [9.17, 15) is 13.2 Å². The van der Waals surface area contributed by atoms with E-state index < -0.39 is 17.5 Å². The van der Waals surface area contributed by atoms with Crippen LogP contribution in [0.4, 0.5) is 13.2 Å². The van der Waals surface area contributed by atoms with Crippen LogP contribution in [0, 0.1) is 38.2 Å². The molecule has 0 saturated heterocycles. The van der Waals surface area contributed by atoms with Gasteiger partial charge in [-0.05, 0) is 55.7 Å². The summed E-state index contributed by atoms with van der Waals surface area (Å²) in [6.45, 7) is 5.30. The van der Waals surface area contributed by atoms with Gasteiger partial charge < -0.3 is 0 Å². The summed E-state index contributed by atoms with van der Waals surface area (Å²) >= 11 is 0. The molecule has 0 aliphatic carbocycles. The van der Waals surface area contributed by atoms with Gasteiger partial charge in [0.2, 0.25) is 0 Å². The van der Waals surface area contributed by atoms with Gasteiger partial charge in [-0.2, -0.15) is 0 Å². The highest BCUT2D eigenvalue weighted by atomic mass is 19.2. The molecular weight excluding hydrogens is 309 g/mol. The molecule has 0 bridgehead atoms. The van der Waals surface area contributed by atoms with Crippen molar-refractivity contribution in [1.82, 2.24) is 0 Å². The van der Waals surface area contributed by atoms with Crippen molar-refractivity contribution in [2.24, 2.45) is 0 Å². The molecule has 3 aromatic carbocycles. The van der Waals surface area contributed by atoms with Crippen molar-refractivity contribution in [2.45, 2.75) is 20.8 Å². The molecule has 0 nitrogen and oxygen atoms in total. The summed E-state index contributed by atoms with van der Waals surface area (Å²) in [5, 5.41) is 0. The minimum atomic E-state index is -1.02. The monoisotopic (exact) mass is 326 g/mol. The zero-order valence-electron chi connectivity index (χ0n) is 13.8. The fourth-order valence-corrected chi connectivity index (χ4v) is 2.99. The van der Waals surface area contributed by atoms with Crippen LogP contribution in [-0.4, -0.2) is 0 Å². The second-order valence-electron chi connectivity index (χ2n) is 6.04. The Morgan fingerprint density at radius 1 is 0.625 bits per heavy atom. The maximum absolute atomic E-state index is 14.8. The molecule has 0 saturated carbocycles. The van der Waals surface area contributed by atoms with Gasteiger partial charge in [0.25, 0.3) is 0 Å². The Balaban J connectivity index is 2.28. The van der Waals surface area contributed by atoms with Crippen LogP contribution in [0.5, 0.6) is 0 Å². The number of hydrogen-bond donors (Lipinski definition) is 0. The van der Waals surface area contributed by atoms with E-state index in [1.54, 1.807) is 38.1 Å². The number of hydrogen-bond acceptors (Lipinski definition) is 0. The molecule has 0 atom stereocenters. The molecular formula is C21H17F3. The summed E-state index contributed by atoms with van der Waals surface area (Å²) in [6.07, 6.45) is 0. The Kier molecular flexibility index (Phi) is 4.18. The fourth-order valence-electron chi connectivity index (χ4n) is 2.99. The molecule has 122 valence electrons. The van der Waals surface area contributed by atoms with Gasteiger partial charge in [0.1, 0.15) is 5.82 Å². The highest BCUT2D eigenvalue weighted by Gasteiger charge is 2.21. The third kappa shape index (κ3) is 2.71. The summed E-state index contributed by atoms with van der Waals surface area (Å²) in [7, 11) is 0. The largest absolute Gasteiger partial charge is 0.206 e. The van der Waals surface area contributed by atoms with Gasteiger partial charge >= 0.3 is 0 Å². The van der Waals surface area contributed by atoms with E-state index in [0.29, 0.717) is 11.1 Å². The van der Waals surface area contributed by atoms with Crippen molar-refractivity contribution < 1.29 is 13.2 Å². The summed E-state index contributed by atoms with van der Waals surface area (Å²) in [5.41, 5.74) is 3.02. The van der Waals surface area contributed by atoms with Gasteiger partial charge in [0, 0.05) is 16.7 Å². The van der Waals surface area contributed by atoms with E-state index in [1.165, 1.54) is 12.1 Å². The standard InChI is InChI=1S/C21H17F3/c1-12-8-9-18(22)17(10-12)19-14(3)11-16(20(23)21(19)24)15-7-5-4-6-13(15)2/h4-11H,1-3H3. The average Bonchev–Trinajstić information content (AvgIpc) is 2.55. The van der Waals surface area contributed by atoms with Crippen LogP contribution in [0.3, 0.4) is 0 Å². The van der Waals surface area contributed by atoms with Gasteiger partial charge in [-0.1, -0.05) is 35.9 Å². The van der Waals surface area contributed by atoms with Crippen LogP contribution in [0.25, 0.3) is 22.3 Å². The van der Waals surface area contributed by atoms with Crippen LogP contribution in [-0.2, 0) is 0 Å². The first-order valence-corrected chi connectivity index (χ1v) is 7.71. The molecule has 3 aromatic rings. The van der Waals surface area contributed by atoms with Gasteiger partial charge in [-0.25, -0.2) is 13.2 Å². The van der Waals surface area contributed by atoms with Gasteiger partial charge in [0.15, 0.2) is 11.6 Å². The van der Waals surface area contributed by atoms with Gasteiger partial charge in [-0.3, -0.25) is 0 Å². The van der Waals surface area contributed by atoms with Crippen molar-refractivity contribution in [3.63, 3.8) is 0 Å². The van der Waals surface area contributed by atoms with E-state index in [0.717, 1.165) is 11.1 Å². The summed E-state index contributed by atoms with van der Waals surface area (Å²) in [6, 6.07) is 13.2. The second kappa shape index (κ2) is 6.16. The van der Waals surface area contributed by atoms with E-state index >= 15 is 0 Å². The number of aryl methyl sites for hydroxylation is 3. The number of halogens is 3. The molecule has 0 aliphatic heterocycles. The van der Waals surface area contributed by atoms with Crippen molar-refractivity contribution >= 4 is 0 Å². The smallest absolute Gasteiger partial charge is 0.167 e. The fraction of sp³-hybridized carbons (Fsp3) is 0.143. The lowest BCUT2D eigenvalue weighted by Gasteiger charge is -2.15. The molecule has 3 rings (SSSR count). The van der Waals surface area contributed by atoms with Crippen LogP contribution >= 0.6 is 0 Å². The number of rotatable bonds is 2. The highest BCUT2D eigenvalue weighted by molar-refractivity contribution is 5.76. The zero-order valence-corrected chi connectivity index (χ0v) is 13.8. The summed E-state index contributed by atoms with van der Waals surface area (Å²) < 4.78 is 43.7. The Hall–Kier alpha value is -2.55. The van der Waals surface area contributed by atoms with Crippen LogP contribution in [0.2, 0.25) is 0 Å². The molecule has 0 aliphatic rings. The minimum Gasteiger partial charge on any atom is -0.206 e. The molecule has 0 spiro atoms. The van der Waals surface area contributed by atoms with Crippen molar-refractivity contribution in [3.8, 4) is 22.3 Å². The molecule has 0 heterocycles. The third-order valence-electron chi connectivity index (χ3n) is 4.23. The maximum Gasteiger partial charge on any atom is 0.167 e. The SMILES string of the molecule is Cc1ccc(F)c(-c2c(C)cc(-c3ccccc3C)c(F)c2F)c1.